The van der Waals surface area contributed by atoms with Crippen LogP contribution in [0.4, 0.5) is 0 Å². The molecule has 28 heavy (non-hydrogen) atoms. The first-order valence-electron chi connectivity index (χ1n) is 9.78. The second-order valence-corrected chi connectivity index (χ2v) is 8.11. The molecule has 0 aliphatic carbocycles. The first kappa shape index (κ1) is 20.1. The van der Waals surface area contributed by atoms with Crippen molar-refractivity contribution in [3.8, 4) is 0 Å². The van der Waals surface area contributed by atoms with E-state index in [2.05, 4.69) is 20.8 Å². The lowest BCUT2D eigenvalue weighted by Gasteiger charge is -2.20. The Morgan fingerprint density at radius 1 is 1.00 bits per heavy atom. The van der Waals surface area contributed by atoms with Crippen molar-refractivity contribution >= 4 is 11.2 Å². The molecule has 0 radical (unpaired) electrons. The van der Waals surface area contributed by atoms with Crippen LogP contribution in [0.3, 0.4) is 0 Å². The van der Waals surface area contributed by atoms with Crippen LogP contribution in [0.5, 0.6) is 0 Å². The molecule has 0 bridgehead atoms. The van der Waals surface area contributed by atoms with Gasteiger partial charge in [0, 0.05) is 31.6 Å². The van der Waals surface area contributed by atoms with Crippen LogP contribution in [0.2, 0.25) is 0 Å². The van der Waals surface area contributed by atoms with E-state index in [-0.39, 0.29) is 16.7 Å². The minimum atomic E-state index is -0.338. The van der Waals surface area contributed by atoms with E-state index in [0.29, 0.717) is 43.8 Å². The van der Waals surface area contributed by atoms with E-state index in [4.69, 9.17) is 10.7 Å². The molecule has 2 N–H and O–H groups in total. The van der Waals surface area contributed by atoms with Crippen molar-refractivity contribution in [2.24, 2.45) is 5.73 Å². The fraction of sp³-hybridized carbons (Fsp3) is 0.476. The Labute approximate surface area is 164 Å². The molecule has 150 valence electrons. The smallest absolute Gasteiger partial charge is 0.329 e. The number of nitrogens with zero attached hydrogens (tertiary/aromatic N) is 4. The van der Waals surface area contributed by atoms with Crippen molar-refractivity contribution in [2.75, 3.05) is 6.54 Å². The molecule has 7 heteroatoms. The quantitative estimate of drug-likeness (QED) is 0.706. The molecule has 2 aromatic heterocycles. The van der Waals surface area contributed by atoms with Gasteiger partial charge in [-0.2, -0.15) is 0 Å². The van der Waals surface area contributed by atoms with Gasteiger partial charge in [0.2, 0.25) is 0 Å². The Morgan fingerprint density at radius 2 is 1.68 bits per heavy atom. The third-order valence-electron chi connectivity index (χ3n) is 4.77. The molecule has 0 amide bonds. The third kappa shape index (κ3) is 3.54. The monoisotopic (exact) mass is 383 g/mol. The van der Waals surface area contributed by atoms with Crippen LogP contribution in [0.25, 0.3) is 11.2 Å². The van der Waals surface area contributed by atoms with Crippen LogP contribution in [0, 0.1) is 0 Å². The molecule has 3 rings (SSSR count). The van der Waals surface area contributed by atoms with Crippen LogP contribution in [-0.2, 0) is 25.0 Å². The highest BCUT2D eigenvalue weighted by atomic mass is 16.2. The first-order chi connectivity index (χ1) is 13.3. The Balaban J connectivity index is 2.41. The summed E-state index contributed by atoms with van der Waals surface area (Å²) in [7, 11) is 0. The summed E-state index contributed by atoms with van der Waals surface area (Å²) in [6.45, 7) is 9.65. The zero-order valence-electron chi connectivity index (χ0n) is 17.1. The highest BCUT2D eigenvalue weighted by molar-refractivity contribution is 5.71. The maximum absolute atomic E-state index is 13.3. The summed E-state index contributed by atoms with van der Waals surface area (Å²) in [5.41, 5.74) is 6.81. The van der Waals surface area contributed by atoms with E-state index >= 15 is 0 Å². The molecule has 3 aromatic rings. The van der Waals surface area contributed by atoms with Gasteiger partial charge in [0.15, 0.2) is 11.2 Å². The van der Waals surface area contributed by atoms with Crippen molar-refractivity contribution in [2.45, 2.75) is 59.2 Å². The molecule has 7 nitrogen and oxygen atoms in total. The van der Waals surface area contributed by atoms with Crippen molar-refractivity contribution in [3.05, 3.63) is 62.6 Å². The van der Waals surface area contributed by atoms with Crippen LogP contribution >= 0.6 is 0 Å². The summed E-state index contributed by atoms with van der Waals surface area (Å²) >= 11 is 0. The van der Waals surface area contributed by atoms with Gasteiger partial charge in [-0.15, -0.1) is 0 Å². The summed E-state index contributed by atoms with van der Waals surface area (Å²) in [5, 5.41) is 0. The van der Waals surface area contributed by atoms with E-state index in [0.717, 1.165) is 11.4 Å². The molecule has 0 atom stereocenters. The second kappa shape index (κ2) is 7.75. The molecule has 0 unspecified atom stereocenters. The number of fused-ring (bicyclic) bond motifs is 1. The van der Waals surface area contributed by atoms with Gasteiger partial charge in [-0.1, -0.05) is 58.0 Å². The van der Waals surface area contributed by atoms with E-state index in [9.17, 15) is 9.59 Å². The minimum absolute atomic E-state index is 0.283. The minimum Gasteiger partial charge on any atom is -0.329 e. The lowest BCUT2D eigenvalue weighted by molar-refractivity contribution is 0.515. The summed E-state index contributed by atoms with van der Waals surface area (Å²) in [6.07, 6.45) is 0.697. The molecule has 0 fully saturated rings. The zero-order valence-corrected chi connectivity index (χ0v) is 17.1. The molecular weight excluding hydrogens is 354 g/mol. The molecular formula is C21H29N5O2. The van der Waals surface area contributed by atoms with Crippen LogP contribution in [-0.4, -0.2) is 25.2 Å². The molecule has 0 aliphatic rings. The summed E-state index contributed by atoms with van der Waals surface area (Å²) in [4.78, 5) is 31.0. The SMILES string of the molecule is CCCn1c(=O)c2c(nc(C(C)(C)C)n2Cc2ccccc2)n(CCN)c1=O. The van der Waals surface area contributed by atoms with Gasteiger partial charge >= 0.3 is 5.69 Å². The Morgan fingerprint density at radius 3 is 2.25 bits per heavy atom. The zero-order chi connectivity index (χ0) is 20.5. The fourth-order valence-corrected chi connectivity index (χ4v) is 3.53. The van der Waals surface area contributed by atoms with E-state index in [1.165, 1.54) is 4.57 Å². The van der Waals surface area contributed by atoms with Gasteiger partial charge in [0.25, 0.3) is 5.56 Å². The van der Waals surface area contributed by atoms with Crippen molar-refractivity contribution in [3.63, 3.8) is 0 Å². The Kier molecular flexibility index (Phi) is 5.56. The second-order valence-electron chi connectivity index (χ2n) is 8.11. The highest BCUT2D eigenvalue weighted by Crippen LogP contribution is 2.25. The Bertz CT molecular complexity index is 1080. The summed E-state index contributed by atoms with van der Waals surface area (Å²) in [6, 6.07) is 9.97. The van der Waals surface area contributed by atoms with Crippen LogP contribution < -0.4 is 17.0 Å². The number of imidazole rings is 1. The van der Waals surface area contributed by atoms with Crippen molar-refractivity contribution < 1.29 is 0 Å². The molecule has 0 spiro atoms. The normalized spacial score (nSPS) is 12.0. The molecule has 0 aliphatic heterocycles. The predicted molar refractivity (Wildman–Crippen MR) is 112 cm³/mol. The summed E-state index contributed by atoms with van der Waals surface area (Å²) < 4.78 is 4.82. The van der Waals surface area contributed by atoms with E-state index in [1.54, 1.807) is 4.57 Å². The van der Waals surface area contributed by atoms with Gasteiger partial charge in [0.05, 0.1) is 0 Å². The largest absolute Gasteiger partial charge is 0.332 e. The van der Waals surface area contributed by atoms with Crippen molar-refractivity contribution in [1.29, 1.82) is 0 Å². The third-order valence-corrected chi connectivity index (χ3v) is 4.77. The lowest BCUT2D eigenvalue weighted by atomic mass is 9.95. The average molecular weight is 383 g/mol. The summed E-state index contributed by atoms with van der Waals surface area (Å²) in [5.74, 6) is 0.780. The van der Waals surface area contributed by atoms with E-state index in [1.807, 2.05) is 41.8 Å². The number of hydrogen-bond donors (Lipinski definition) is 1. The van der Waals surface area contributed by atoms with Crippen molar-refractivity contribution in [1.82, 2.24) is 18.7 Å². The number of nitrogens with two attached hydrogens (primary N) is 1. The molecule has 0 saturated carbocycles. The van der Waals surface area contributed by atoms with E-state index < -0.39 is 0 Å². The van der Waals surface area contributed by atoms with Gasteiger partial charge in [-0.3, -0.25) is 13.9 Å². The maximum Gasteiger partial charge on any atom is 0.332 e. The number of benzene rings is 1. The standard InChI is InChI=1S/C21H29N5O2/c1-5-12-25-18(27)16-17(24(13-11-22)20(25)28)23-19(21(2,3)4)26(16)14-15-9-7-6-8-10-15/h6-10H,5,11-14,22H2,1-4H3. The molecule has 2 heterocycles. The maximum atomic E-state index is 13.3. The van der Waals surface area contributed by atoms with Gasteiger partial charge in [-0.05, 0) is 12.0 Å². The number of rotatable bonds is 6. The number of aromatic nitrogens is 4. The highest BCUT2D eigenvalue weighted by Gasteiger charge is 2.27. The first-order valence-corrected chi connectivity index (χ1v) is 9.78. The molecule has 1 aromatic carbocycles. The fourth-order valence-electron chi connectivity index (χ4n) is 3.53. The van der Waals surface area contributed by atoms with Crippen LogP contribution in [0.1, 0.15) is 45.5 Å². The number of hydrogen-bond acceptors (Lipinski definition) is 4. The molecule has 0 saturated heterocycles. The predicted octanol–water partition coefficient (Wildman–Crippen LogP) is 2.07. The topological polar surface area (TPSA) is 87.8 Å². The lowest BCUT2D eigenvalue weighted by Crippen LogP contribution is -2.41. The van der Waals surface area contributed by atoms with Gasteiger partial charge < -0.3 is 10.3 Å². The van der Waals surface area contributed by atoms with Gasteiger partial charge in [0.1, 0.15) is 5.82 Å². The van der Waals surface area contributed by atoms with Gasteiger partial charge in [-0.25, -0.2) is 9.78 Å². The Hall–Kier alpha value is -2.67. The van der Waals surface area contributed by atoms with Crippen LogP contribution in [0.15, 0.2) is 39.9 Å². The average Bonchev–Trinajstić information content (AvgIpc) is 3.03.